The van der Waals surface area contributed by atoms with E-state index in [1.807, 2.05) is 0 Å². The van der Waals surface area contributed by atoms with Gasteiger partial charge in [0.15, 0.2) is 0 Å². The molecule has 1 aliphatic rings. The molecule has 0 saturated carbocycles. The molecule has 3 heteroatoms. The second-order valence-electron chi connectivity index (χ2n) is 5.57. The molecule has 2 atom stereocenters. The third-order valence-corrected chi connectivity index (χ3v) is 4.07. The van der Waals surface area contributed by atoms with Crippen LogP contribution in [-0.4, -0.2) is 22.1 Å². The fraction of sp³-hybridized carbons (Fsp3) is 0.533. The maximum absolute atomic E-state index is 4.75. The molecule has 2 heterocycles. The summed E-state index contributed by atoms with van der Waals surface area (Å²) in [7, 11) is 2.12. The van der Waals surface area contributed by atoms with E-state index in [2.05, 4.69) is 48.1 Å². The number of piperidine rings is 1. The first-order chi connectivity index (χ1) is 8.74. The molecular weight excluding hydrogens is 222 g/mol. The number of imidazole rings is 1. The number of para-hydroxylation sites is 2. The predicted octanol–water partition coefficient (Wildman–Crippen LogP) is 2.50. The molecule has 96 valence electrons. The quantitative estimate of drug-likeness (QED) is 0.878. The molecule has 0 aliphatic carbocycles. The largest absolute Gasteiger partial charge is 0.331 e. The maximum Gasteiger partial charge on any atom is 0.111 e. The molecule has 0 spiro atoms. The molecule has 1 N–H and O–H groups in total. The summed E-state index contributed by atoms with van der Waals surface area (Å²) in [5.74, 6) is 2.02. The number of rotatable bonds is 2. The minimum Gasteiger partial charge on any atom is -0.331 e. The number of hydrogen-bond acceptors (Lipinski definition) is 2. The summed E-state index contributed by atoms with van der Waals surface area (Å²) in [5.41, 5.74) is 2.34. The van der Waals surface area contributed by atoms with Crippen LogP contribution in [-0.2, 0) is 13.5 Å². The Morgan fingerprint density at radius 3 is 2.89 bits per heavy atom. The number of benzene rings is 1. The number of aromatic nitrogens is 2. The molecule has 1 saturated heterocycles. The zero-order valence-electron chi connectivity index (χ0n) is 11.2. The Hall–Kier alpha value is -1.35. The summed E-state index contributed by atoms with van der Waals surface area (Å²) in [6.07, 6.45) is 3.64. The molecule has 1 aromatic heterocycles. The number of fused-ring (bicyclic) bond motifs is 1. The van der Waals surface area contributed by atoms with Crippen LogP contribution in [0, 0.1) is 5.92 Å². The third kappa shape index (κ3) is 2.15. The fourth-order valence-electron chi connectivity index (χ4n) is 2.83. The minimum absolute atomic E-state index is 0.594. The lowest BCUT2D eigenvalue weighted by Crippen LogP contribution is -2.39. The third-order valence-electron chi connectivity index (χ3n) is 4.07. The van der Waals surface area contributed by atoms with Gasteiger partial charge in [0.05, 0.1) is 11.0 Å². The van der Waals surface area contributed by atoms with Crippen molar-refractivity contribution < 1.29 is 0 Å². The zero-order chi connectivity index (χ0) is 12.5. The Bertz CT molecular complexity index is 536. The van der Waals surface area contributed by atoms with Crippen LogP contribution in [0.3, 0.4) is 0 Å². The molecule has 1 fully saturated rings. The van der Waals surface area contributed by atoms with Gasteiger partial charge in [-0.2, -0.15) is 0 Å². The molecule has 0 bridgehead atoms. The Balaban J connectivity index is 1.80. The van der Waals surface area contributed by atoms with Crippen molar-refractivity contribution in [1.82, 2.24) is 14.9 Å². The molecule has 0 amide bonds. The highest BCUT2D eigenvalue weighted by molar-refractivity contribution is 5.75. The SMILES string of the molecule is CC1CCC(Cc2nc3ccccc3n2C)NC1. The molecule has 1 aliphatic heterocycles. The zero-order valence-corrected chi connectivity index (χ0v) is 11.2. The topological polar surface area (TPSA) is 29.9 Å². The van der Waals surface area contributed by atoms with Crippen LogP contribution in [0.4, 0.5) is 0 Å². The van der Waals surface area contributed by atoms with Gasteiger partial charge < -0.3 is 9.88 Å². The van der Waals surface area contributed by atoms with Crippen LogP contribution in [0.15, 0.2) is 24.3 Å². The van der Waals surface area contributed by atoms with Gasteiger partial charge in [0, 0.05) is 19.5 Å². The van der Waals surface area contributed by atoms with Gasteiger partial charge in [0.25, 0.3) is 0 Å². The first-order valence-corrected chi connectivity index (χ1v) is 6.88. The van der Waals surface area contributed by atoms with Crippen molar-refractivity contribution in [3.05, 3.63) is 30.1 Å². The Morgan fingerprint density at radius 1 is 1.33 bits per heavy atom. The molecule has 3 nitrogen and oxygen atoms in total. The fourth-order valence-corrected chi connectivity index (χ4v) is 2.83. The Labute approximate surface area is 108 Å². The normalized spacial score (nSPS) is 24.6. The van der Waals surface area contributed by atoms with Crippen LogP contribution in [0.25, 0.3) is 11.0 Å². The molecule has 3 rings (SSSR count). The van der Waals surface area contributed by atoms with E-state index in [9.17, 15) is 0 Å². The second-order valence-corrected chi connectivity index (χ2v) is 5.57. The standard InChI is InChI=1S/C15H21N3/c1-11-7-8-12(16-10-11)9-15-17-13-5-3-4-6-14(13)18(15)2/h3-6,11-12,16H,7-10H2,1-2H3. The monoisotopic (exact) mass is 243 g/mol. The van der Waals surface area contributed by atoms with E-state index in [1.165, 1.54) is 24.2 Å². The van der Waals surface area contributed by atoms with Gasteiger partial charge in [-0.05, 0) is 37.4 Å². The van der Waals surface area contributed by atoms with Gasteiger partial charge in [0.1, 0.15) is 5.82 Å². The van der Waals surface area contributed by atoms with Crippen LogP contribution in [0.5, 0.6) is 0 Å². The summed E-state index contributed by atoms with van der Waals surface area (Å²) in [4.78, 5) is 4.75. The average Bonchev–Trinajstić information content (AvgIpc) is 2.70. The van der Waals surface area contributed by atoms with Crippen molar-refractivity contribution in [2.75, 3.05) is 6.54 Å². The lowest BCUT2D eigenvalue weighted by Gasteiger charge is -2.27. The maximum atomic E-state index is 4.75. The number of nitrogens with zero attached hydrogens (tertiary/aromatic N) is 2. The van der Waals surface area contributed by atoms with Crippen molar-refractivity contribution in [2.45, 2.75) is 32.2 Å². The highest BCUT2D eigenvalue weighted by atomic mass is 15.1. The van der Waals surface area contributed by atoms with Crippen molar-refractivity contribution in [1.29, 1.82) is 0 Å². The van der Waals surface area contributed by atoms with E-state index in [-0.39, 0.29) is 0 Å². The van der Waals surface area contributed by atoms with Crippen molar-refractivity contribution in [2.24, 2.45) is 13.0 Å². The van der Waals surface area contributed by atoms with Crippen LogP contribution in [0.2, 0.25) is 0 Å². The Morgan fingerprint density at radius 2 is 2.17 bits per heavy atom. The number of aryl methyl sites for hydroxylation is 1. The number of nitrogens with one attached hydrogen (secondary N) is 1. The van der Waals surface area contributed by atoms with Crippen LogP contribution >= 0.6 is 0 Å². The van der Waals surface area contributed by atoms with Crippen LogP contribution < -0.4 is 5.32 Å². The molecule has 0 radical (unpaired) electrons. The van der Waals surface area contributed by atoms with Crippen LogP contribution in [0.1, 0.15) is 25.6 Å². The number of hydrogen-bond donors (Lipinski definition) is 1. The molecule has 1 aromatic carbocycles. The predicted molar refractivity (Wildman–Crippen MR) is 74.6 cm³/mol. The van der Waals surface area contributed by atoms with E-state index >= 15 is 0 Å². The highest BCUT2D eigenvalue weighted by Crippen LogP contribution is 2.19. The van der Waals surface area contributed by atoms with Gasteiger partial charge >= 0.3 is 0 Å². The van der Waals surface area contributed by atoms with E-state index < -0.39 is 0 Å². The summed E-state index contributed by atoms with van der Waals surface area (Å²) in [6, 6.07) is 8.96. The van der Waals surface area contributed by atoms with E-state index in [1.54, 1.807) is 0 Å². The summed E-state index contributed by atoms with van der Waals surface area (Å²) >= 11 is 0. The smallest absolute Gasteiger partial charge is 0.111 e. The van der Waals surface area contributed by atoms with Gasteiger partial charge in [-0.15, -0.1) is 0 Å². The molecular formula is C15H21N3. The van der Waals surface area contributed by atoms with E-state index in [0.717, 1.165) is 24.4 Å². The van der Waals surface area contributed by atoms with Crippen molar-refractivity contribution in [3.63, 3.8) is 0 Å². The van der Waals surface area contributed by atoms with Crippen molar-refractivity contribution in [3.8, 4) is 0 Å². The first-order valence-electron chi connectivity index (χ1n) is 6.88. The minimum atomic E-state index is 0.594. The van der Waals surface area contributed by atoms with E-state index in [0.29, 0.717) is 6.04 Å². The summed E-state index contributed by atoms with van der Waals surface area (Å²) in [6.45, 7) is 3.47. The first kappa shape index (κ1) is 11.7. The van der Waals surface area contributed by atoms with Gasteiger partial charge in [-0.25, -0.2) is 4.98 Å². The van der Waals surface area contributed by atoms with Crippen molar-refractivity contribution >= 4 is 11.0 Å². The lowest BCUT2D eigenvalue weighted by molar-refractivity contribution is 0.322. The molecule has 2 aromatic rings. The van der Waals surface area contributed by atoms with Gasteiger partial charge in [-0.1, -0.05) is 19.1 Å². The second kappa shape index (κ2) is 4.73. The lowest BCUT2D eigenvalue weighted by atomic mass is 9.94. The Kier molecular flexibility index (Phi) is 3.08. The summed E-state index contributed by atoms with van der Waals surface area (Å²) in [5, 5.41) is 3.64. The molecule has 2 unspecified atom stereocenters. The highest BCUT2D eigenvalue weighted by Gasteiger charge is 2.19. The molecule has 18 heavy (non-hydrogen) atoms. The van der Waals surface area contributed by atoms with E-state index in [4.69, 9.17) is 4.98 Å². The average molecular weight is 243 g/mol. The summed E-state index contributed by atoms with van der Waals surface area (Å²) < 4.78 is 2.23. The van der Waals surface area contributed by atoms with Gasteiger partial charge in [0.2, 0.25) is 0 Å². The van der Waals surface area contributed by atoms with Gasteiger partial charge in [-0.3, -0.25) is 0 Å².